The predicted molar refractivity (Wildman–Crippen MR) is 59.6 cm³/mol. The van der Waals surface area contributed by atoms with Gasteiger partial charge in [-0.25, -0.2) is 4.79 Å². The fraction of sp³-hybridized carbons (Fsp3) is 0.833. The van der Waals surface area contributed by atoms with E-state index in [1.807, 2.05) is 0 Å². The summed E-state index contributed by atoms with van der Waals surface area (Å²) < 4.78 is 4.97. The zero-order valence-electron chi connectivity index (χ0n) is 10.3. The molecule has 88 valence electrons. The van der Waals surface area contributed by atoms with Crippen molar-refractivity contribution in [3.05, 3.63) is 0 Å². The van der Waals surface area contributed by atoms with E-state index in [9.17, 15) is 9.59 Å². The monoisotopic (exact) mass is 214 g/mol. The number of esters is 1. The van der Waals surface area contributed by atoms with E-state index in [-0.39, 0.29) is 0 Å². The van der Waals surface area contributed by atoms with Gasteiger partial charge in [-0.1, -0.05) is 26.2 Å². The lowest BCUT2D eigenvalue weighted by Gasteiger charge is -2.18. The molecule has 0 atom stereocenters. The first kappa shape index (κ1) is 14.1. The average molecular weight is 214 g/mol. The first-order valence-corrected chi connectivity index (χ1v) is 5.63. The number of hydrogen-bond donors (Lipinski definition) is 0. The molecule has 15 heavy (non-hydrogen) atoms. The highest BCUT2D eigenvalue weighted by Crippen LogP contribution is 2.09. The predicted octanol–water partition coefficient (Wildman–Crippen LogP) is 2.87. The lowest BCUT2D eigenvalue weighted by Crippen LogP contribution is -2.28. The molecule has 0 unspecified atom stereocenters. The smallest absolute Gasteiger partial charge is 0.375 e. The van der Waals surface area contributed by atoms with Crippen LogP contribution in [0.5, 0.6) is 0 Å². The Kier molecular flexibility index (Phi) is 6.21. The van der Waals surface area contributed by atoms with Crippen LogP contribution >= 0.6 is 0 Å². The summed E-state index contributed by atoms with van der Waals surface area (Å²) in [6, 6.07) is 0. The van der Waals surface area contributed by atoms with Crippen LogP contribution in [0, 0.1) is 0 Å². The minimum atomic E-state index is -0.695. The first-order valence-electron chi connectivity index (χ1n) is 5.63. The largest absolute Gasteiger partial charge is 0.454 e. The van der Waals surface area contributed by atoms with E-state index in [0.717, 1.165) is 25.7 Å². The number of ether oxygens (including phenoxy) is 1. The maximum Gasteiger partial charge on any atom is 0.375 e. The number of carbonyl (C=O) groups excluding carboxylic acids is 2. The van der Waals surface area contributed by atoms with Gasteiger partial charge < -0.3 is 4.74 Å². The average Bonchev–Trinajstić information content (AvgIpc) is 2.09. The number of hydrogen-bond acceptors (Lipinski definition) is 3. The molecular formula is C12H22O3. The van der Waals surface area contributed by atoms with Crippen molar-refractivity contribution in [3.63, 3.8) is 0 Å². The molecule has 0 bridgehead atoms. The number of Topliss-reactive ketones (excluding diaryl/α,β-unsaturated/α-hetero) is 1. The molecular weight excluding hydrogens is 192 g/mol. The van der Waals surface area contributed by atoms with Gasteiger partial charge in [-0.2, -0.15) is 0 Å². The van der Waals surface area contributed by atoms with Gasteiger partial charge in [0, 0.05) is 6.42 Å². The quantitative estimate of drug-likeness (QED) is 0.388. The summed E-state index contributed by atoms with van der Waals surface area (Å²) in [5, 5.41) is 0. The van der Waals surface area contributed by atoms with Gasteiger partial charge in [0.2, 0.25) is 5.78 Å². The second-order valence-corrected chi connectivity index (χ2v) is 4.74. The molecule has 3 heteroatoms. The molecule has 0 saturated carbocycles. The third-order valence-electron chi connectivity index (χ3n) is 1.88. The number of unbranched alkanes of at least 4 members (excludes halogenated alkanes) is 3. The molecule has 0 aromatic rings. The SMILES string of the molecule is CCCCCCC(=O)C(=O)OC(C)(C)C. The summed E-state index contributed by atoms with van der Waals surface area (Å²) in [6.07, 6.45) is 4.34. The van der Waals surface area contributed by atoms with Crippen LogP contribution in [0.1, 0.15) is 59.8 Å². The lowest BCUT2D eigenvalue weighted by molar-refractivity contribution is -0.162. The van der Waals surface area contributed by atoms with Gasteiger partial charge >= 0.3 is 5.97 Å². The zero-order chi connectivity index (χ0) is 11.9. The molecule has 0 amide bonds. The summed E-state index contributed by atoms with van der Waals surface area (Å²) in [7, 11) is 0. The van der Waals surface area contributed by atoms with E-state index >= 15 is 0 Å². The van der Waals surface area contributed by atoms with E-state index in [1.165, 1.54) is 0 Å². The van der Waals surface area contributed by atoms with Crippen LogP contribution < -0.4 is 0 Å². The highest BCUT2D eigenvalue weighted by atomic mass is 16.6. The van der Waals surface area contributed by atoms with Crippen LogP contribution in [0.3, 0.4) is 0 Å². The summed E-state index contributed by atoms with van der Waals surface area (Å²) >= 11 is 0. The van der Waals surface area contributed by atoms with Crippen molar-refractivity contribution >= 4 is 11.8 Å². The number of rotatable bonds is 6. The molecule has 0 aromatic carbocycles. The van der Waals surface area contributed by atoms with Gasteiger partial charge in [-0.3, -0.25) is 4.79 Å². The van der Waals surface area contributed by atoms with E-state index < -0.39 is 17.4 Å². The molecule has 0 aromatic heterocycles. The van der Waals surface area contributed by atoms with Crippen LogP contribution in [0.2, 0.25) is 0 Å². The molecule has 0 N–H and O–H groups in total. The Bertz CT molecular complexity index is 213. The van der Waals surface area contributed by atoms with Crippen molar-refractivity contribution in [2.75, 3.05) is 0 Å². The van der Waals surface area contributed by atoms with Gasteiger partial charge in [0.1, 0.15) is 5.60 Å². The van der Waals surface area contributed by atoms with Gasteiger partial charge in [-0.05, 0) is 27.2 Å². The molecule has 0 aliphatic rings. The van der Waals surface area contributed by atoms with Gasteiger partial charge in [0.05, 0.1) is 0 Å². The van der Waals surface area contributed by atoms with Crippen LogP contribution in [0.4, 0.5) is 0 Å². The summed E-state index contributed by atoms with van der Waals surface area (Å²) in [5.74, 6) is -1.10. The maximum atomic E-state index is 11.3. The van der Waals surface area contributed by atoms with E-state index in [1.54, 1.807) is 20.8 Å². The zero-order valence-corrected chi connectivity index (χ0v) is 10.3. The Labute approximate surface area is 92.2 Å². The van der Waals surface area contributed by atoms with E-state index in [4.69, 9.17) is 4.74 Å². The second kappa shape index (κ2) is 6.59. The number of ketones is 1. The molecule has 0 saturated heterocycles. The van der Waals surface area contributed by atoms with Crippen LogP contribution in [0.25, 0.3) is 0 Å². The van der Waals surface area contributed by atoms with Gasteiger partial charge in [-0.15, -0.1) is 0 Å². The third kappa shape index (κ3) is 8.16. The first-order chi connectivity index (χ1) is 6.87. The third-order valence-corrected chi connectivity index (χ3v) is 1.88. The van der Waals surface area contributed by atoms with Crippen LogP contribution in [-0.4, -0.2) is 17.4 Å². The molecule has 0 rings (SSSR count). The molecule has 0 radical (unpaired) electrons. The van der Waals surface area contributed by atoms with Crippen molar-refractivity contribution in [3.8, 4) is 0 Å². The molecule has 0 spiro atoms. The summed E-state index contributed by atoms with van der Waals surface area (Å²) in [6.45, 7) is 7.38. The Balaban J connectivity index is 3.76. The molecule has 0 aliphatic carbocycles. The van der Waals surface area contributed by atoms with Crippen molar-refractivity contribution in [1.29, 1.82) is 0 Å². The molecule has 3 nitrogen and oxygen atoms in total. The Hall–Kier alpha value is -0.860. The molecule has 0 heterocycles. The molecule has 0 fully saturated rings. The fourth-order valence-electron chi connectivity index (χ4n) is 1.15. The Morgan fingerprint density at radius 1 is 1.07 bits per heavy atom. The normalized spacial score (nSPS) is 11.2. The topological polar surface area (TPSA) is 43.4 Å². The summed E-state index contributed by atoms with van der Waals surface area (Å²) in [4.78, 5) is 22.6. The Morgan fingerprint density at radius 3 is 2.13 bits per heavy atom. The van der Waals surface area contributed by atoms with E-state index in [2.05, 4.69) is 6.92 Å². The summed E-state index contributed by atoms with van der Waals surface area (Å²) in [5.41, 5.74) is -0.573. The maximum absolute atomic E-state index is 11.3. The Morgan fingerprint density at radius 2 is 1.67 bits per heavy atom. The van der Waals surface area contributed by atoms with Crippen molar-refractivity contribution in [2.24, 2.45) is 0 Å². The van der Waals surface area contributed by atoms with Crippen molar-refractivity contribution in [1.82, 2.24) is 0 Å². The standard InChI is InChI=1S/C12H22O3/c1-5-6-7-8-9-10(13)11(14)15-12(2,3)4/h5-9H2,1-4H3. The fourth-order valence-corrected chi connectivity index (χ4v) is 1.15. The van der Waals surface area contributed by atoms with Crippen molar-refractivity contribution < 1.29 is 14.3 Å². The minimum Gasteiger partial charge on any atom is -0.454 e. The van der Waals surface area contributed by atoms with Crippen LogP contribution in [-0.2, 0) is 14.3 Å². The highest BCUT2D eigenvalue weighted by molar-refractivity contribution is 6.33. The van der Waals surface area contributed by atoms with Crippen molar-refractivity contribution in [2.45, 2.75) is 65.4 Å². The van der Waals surface area contributed by atoms with Gasteiger partial charge in [0.15, 0.2) is 0 Å². The van der Waals surface area contributed by atoms with Gasteiger partial charge in [0.25, 0.3) is 0 Å². The highest BCUT2D eigenvalue weighted by Gasteiger charge is 2.21. The van der Waals surface area contributed by atoms with Crippen LogP contribution in [0.15, 0.2) is 0 Å². The minimum absolute atomic E-state index is 0.314. The lowest BCUT2D eigenvalue weighted by atomic mass is 10.1. The van der Waals surface area contributed by atoms with E-state index in [0.29, 0.717) is 6.42 Å². The second-order valence-electron chi connectivity index (χ2n) is 4.74. The molecule has 0 aliphatic heterocycles. The number of carbonyl (C=O) groups is 2.